The van der Waals surface area contributed by atoms with E-state index in [1.54, 1.807) is 19.1 Å². The number of aryl methyl sites for hydroxylation is 1. The van der Waals surface area contributed by atoms with E-state index < -0.39 is 0 Å². The van der Waals surface area contributed by atoms with Crippen LogP contribution in [0.15, 0.2) is 18.2 Å². The predicted molar refractivity (Wildman–Crippen MR) is 64.7 cm³/mol. The van der Waals surface area contributed by atoms with Crippen LogP contribution in [0, 0.1) is 30.0 Å². The van der Waals surface area contributed by atoms with Crippen LogP contribution in [-0.4, -0.2) is 6.04 Å². The molecule has 0 heterocycles. The maximum absolute atomic E-state index is 13.3. The van der Waals surface area contributed by atoms with Crippen molar-refractivity contribution < 1.29 is 4.39 Å². The van der Waals surface area contributed by atoms with Crippen LogP contribution in [0.1, 0.15) is 30.4 Å². The number of benzene rings is 1. The first-order chi connectivity index (χ1) is 8.20. The monoisotopic (exact) mass is 232 g/mol. The first kappa shape index (κ1) is 12.1. The van der Waals surface area contributed by atoms with E-state index in [4.69, 9.17) is 5.26 Å². The van der Waals surface area contributed by atoms with E-state index >= 15 is 0 Å². The molecule has 0 bridgehead atoms. The highest BCUT2D eigenvalue weighted by Gasteiger charge is 2.26. The van der Waals surface area contributed by atoms with E-state index in [9.17, 15) is 4.39 Å². The maximum Gasteiger partial charge on any atom is 0.126 e. The molecular weight excluding hydrogens is 215 g/mol. The van der Waals surface area contributed by atoms with Gasteiger partial charge < -0.3 is 5.32 Å². The molecule has 1 saturated carbocycles. The zero-order valence-corrected chi connectivity index (χ0v) is 10.0. The van der Waals surface area contributed by atoms with Gasteiger partial charge in [0.25, 0.3) is 0 Å². The number of hydrogen-bond donors (Lipinski definition) is 1. The second kappa shape index (κ2) is 5.29. The Morgan fingerprint density at radius 1 is 1.47 bits per heavy atom. The van der Waals surface area contributed by atoms with E-state index in [1.165, 1.54) is 0 Å². The summed E-state index contributed by atoms with van der Waals surface area (Å²) in [6.07, 6.45) is 3.14. The van der Waals surface area contributed by atoms with Gasteiger partial charge in [0.1, 0.15) is 5.82 Å². The minimum absolute atomic E-state index is 0.116. The molecule has 0 aliphatic heterocycles. The smallest absolute Gasteiger partial charge is 0.126 e. The summed E-state index contributed by atoms with van der Waals surface area (Å²) in [5.74, 6) is -0.0437. The lowest BCUT2D eigenvalue weighted by Crippen LogP contribution is -2.31. The lowest BCUT2D eigenvalue weighted by atomic mass is 10.1. The Labute approximate surface area is 101 Å². The molecular formula is C14H17FN2. The Bertz CT molecular complexity index is 436. The normalized spacial score (nSPS) is 23.6. The van der Waals surface area contributed by atoms with Gasteiger partial charge in [0, 0.05) is 12.6 Å². The Morgan fingerprint density at radius 3 is 3.00 bits per heavy atom. The summed E-state index contributed by atoms with van der Waals surface area (Å²) in [7, 11) is 0. The van der Waals surface area contributed by atoms with Crippen LogP contribution in [0.2, 0.25) is 0 Å². The van der Waals surface area contributed by atoms with E-state index in [0.29, 0.717) is 12.1 Å². The average Bonchev–Trinajstić information content (AvgIpc) is 2.78. The van der Waals surface area contributed by atoms with E-state index in [1.807, 2.05) is 6.07 Å². The minimum atomic E-state index is -0.160. The topological polar surface area (TPSA) is 35.8 Å². The molecule has 0 aromatic heterocycles. The zero-order chi connectivity index (χ0) is 12.3. The third-order valence-electron chi connectivity index (χ3n) is 3.49. The lowest BCUT2D eigenvalue weighted by Gasteiger charge is -2.15. The number of nitrogens with zero attached hydrogens (tertiary/aromatic N) is 1. The standard InChI is InChI=1S/C14H17FN2/c1-10-5-6-11(7-13(10)15)9-17-14-4-2-3-12(14)8-16/h5-7,12,14,17H,2-4,9H2,1H3. The summed E-state index contributed by atoms with van der Waals surface area (Å²) in [5.41, 5.74) is 1.61. The molecule has 90 valence electrons. The second-order valence-corrected chi connectivity index (χ2v) is 4.74. The zero-order valence-electron chi connectivity index (χ0n) is 10.0. The molecule has 0 amide bonds. The third kappa shape index (κ3) is 2.83. The highest BCUT2D eigenvalue weighted by Crippen LogP contribution is 2.25. The fraction of sp³-hybridized carbons (Fsp3) is 0.500. The minimum Gasteiger partial charge on any atom is -0.309 e. The molecule has 1 aromatic rings. The molecule has 1 N–H and O–H groups in total. The summed E-state index contributed by atoms with van der Waals surface area (Å²) >= 11 is 0. The van der Waals surface area contributed by atoms with Crippen LogP contribution in [0.25, 0.3) is 0 Å². The van der Waals surface area contributed by atoms with Crippen LogP contribution in [0.5, 0.6) is 0 Å². The molecule has 3 heteroatoms. The number of hydrogen-bond acceptors (Lipinski definition) is 2. The quantitative estimate of drug-likeness (QED) is 0.869. The van der Waals surface area contributed by atoms with Crippen molar-refractivity contribution >= 4 is 0 Å². The second-order valence-electron chi connectivity index (χ2n) is 4.74. The van der Waals surface area contributed by atoms with E-state index in [-0.39, 0.29) is 17.8 Å². The molecule has 0 spiro atoms. The fourth-order valence-corrected chi connectivity index (χ4v) is 2.35. The van der Waals surface area contributed by atoms with Crippen molar-refractivity contribution in [2.75, 3.05) is 0 Å². The molecule has 2 rings (SSSR count). The summed E-state index contributed by atoms with van der Waals surface area (Å²) in [5, 5.41) is 12.3. The number of halogens is 1. The highest BCUT2D eigenvalue weighted by molar-refractivity contribution is 5.23. The summed E-state index contributed by atoms with van der Waals surface area (Å²) in [6.45, 7) is 2.40. The summed E-state index contributed by atoms with van der Waals surface area (Å²) in [4.78, 5) is 0. The van der Waals surface area contributed by atoms with Gasteiger partial charge in [-0.15, -0.1) is 0 Å². The SMILES string of the molecule is Cc1ccc(CNC2CCCC2C#N)cc1F. The summed E-state index contributed by atoms with van der Waals surface area (Å²) in [6, 6.07) is 7.90. The first-order valence-electron chi connectivity index (χ1n) is 6.08. The highest BCUT2D eigenvalue weighted by atomic mass is 19.1. The third-order valence-corrected chi connectivity index (χ3v) is 3.49. The molecule has 17 heavy (non-hydrogen) atoms. The predicted octanol–water partition coefficient (Wildman–Crippen LogP) is 2.92. The number of rotatable bonds is 3. The van der Waals surface area contributed by atoms with Crippen molar-refractivity contribution in [2.45, 2.75) is 38.8 Å². The van der Waals surface area contributed by atoms with Gasteiger partial charge in [-0.2, -0.15) is 5.26 Å². The molecule has 1 fully saturated rings. The van der Waals surface area contributed by atoms with Crippen molar-refractivity contribution in [1.29, 1.82) is 5.26 Å². The molecule has 2 unspecified atom stereocenters. The van der Waals surface area contributed by atoms with Gasteiger partial charge in [0.15, 0.2) is 0 Å². The van der Waals surface area contributed by atoms with Crippen LogP contribution in [-0.2, 0) is 6.54 Å². The van der Waals surface area contributed by atoms with Crippen molar-refractivity contribution in [1.82, 2.24) is 5.32 Å². The molecule has 1 aliphatic rings. The van der Waals surface area contributed by atoms with Crippen molar-refractivity contribution in [3.05, 3.63) is 35.1 Å². The van der Waals surface area contributed by atoms with Crippen molar-refractivity contribution in [3.63, 3.8) is 0 Å². The Hall–Kier alpha value is -1.40. The molecule has 1 aliphatic carbocycles. The van der Waals surface area contributed by atoms with Gasteiger partial charge in [-0.3, -0.25) is 0 Å². The first-order valence-corrected chi connectivity index (χ1v) is 6.08. The number of nitriles is 1. The Balaban J connectivity index is 1.93. The average molecular weight is 232 g/mol. The largest absolute Gasteiger partial charge is 0.309 e. The molecule has 2 nitrogen and oxygen atoms in total. The van der Waals surface area contributed by atoms with Gasteiger partial charge in [-0.25, -0.2) is 4.39 Å². The van der Waals surface area contributed by atoms with Gasteiger partial charge in [0.05, 0.1) is 12.0 Å². The maximum atomic E-state index is 13.3. The molecule has 1 aromatic carbocycles. The van der Waals surface area contributed by atoms with Crippen molar-refractivity contribution in [2.24, 2.45) is 5.92 Å². The Morgan fingerprint density at radius 2 is 2.29 bits per heavy atom. The van der Waals surface area contributed by atoms with Gasteiger partial charge in [-0.1, -0.05) is 18.6 Å². The van der Waals surface area contributed by atoms with E-state index in [2.05, 4.69) is 11.4 Å². The fourth-order valence-electron chi connectivity index (χ4n) is 2.35. The van der Waals surface area contributed by atoms with Gasteiger partial charge >= 0.3 is 0 Å². The van der Waals surface area contributed by atoms with Crippen molar-refractivity contribution in [3.8, 4) is 6.07 Å². The molecule has 0 radical (unpaired) electrons. The summed E-state index contributed by atoms with van der Waals surface area (Å²) < 4.78 is 13.3. The van der Waals surface area contributed by atoms with Gasteiger partial charge in [-0.05, 0) is 37.0 Å². The van der Waals surface area contributed by atoms with Gasteiger partial charge in [0.2, 0.25) is 0 Å². The van der Waals surface area contributed by atoms with Crippen LogP contribution in [0.3, 0.4) is 0 Å². The Kier molecular flexibility index (Phi) is 3.75. The number of nitrogens with one attached hydrogen (secondary N) is 1. The molecule has 2 atom stereocenters. The van der Waals surface area contributed by atoms with E-state index in [0.717, 1.165) is 24.8 Å². The van der Waals surface area contributed by atoms with Crippen LogP contribution in [0.4, 0.5) is 4.39 Å². The van der Waals surface area contributed by atoms with Crippen LogP contribution >= 0.6 is 0 Å². The lowest BCUT2D eigenvalue weighted by molar-refractivity contribution is 0.463. The molecule has 0 saturated heterocycles. The van der Waals surface area contributed by atoms with Crippen LogP contribution < -0.4 is 5.32 Å².